The van der Waals surface area contributed by atoms with Gasteiger partial charge in [0, 0.05) is 13.2 Å². The van der Waals surface area contributed by atoms with Crippen LogP contribution in [0.3, 0.4) is 0 Å². The summed E-state index contributed by atoms with van der Waals surface area (Å²) < 4.78 is 37.1. The maximum atomic E-state index is 12.7. The zero-order valence-corrected chi connectivity index (χ0v) is 30.5. The Morgan fingerprint density at radius 1 is 0.857 bits per heavy atom. The van der Waals surface area contributed by atoms with Gasteiger partial charge in [-0.15, -0.1) is 0 Å². The Morgan fingerprint density at radius 2 is 1.47 bits per heavy atom. The van der Waals surface area contributed by atoms with E-state index in [-0.39, 0.29) is 37.8 Å². The summed E-state index contributed by atoms with van der Waals surface area (Å²) in [6, 6.07) is 9.74. The third-order valence-corrected chi connectivity index (χ3v) is 9.52. The van der Waals surface area contributed by atoms with Crippen LogP contribution in [-0.2, 0) is 36.5 Å². The highest BCUT2D eigenvalue weighted by molar-refractivity contribution is 7.52. The molecule has 0 radical (unpaired) electrons. The van der Waals surface area contributed by atoms with Crippen LogP contribution in [0, 0.1) is 0 Å². The molecule has 0 fully saturated rings. The minimum Gasteiger partial charge on any atom is -0.379 e. The lowest BCUT2D eigenvalue weighted by molar-refractivity contribution is -0.0477. The van der Waals surface area contributed by atoms with Gasteiger partial charge in [0.2, 0.25) is 5.95 Å². The molecule has 0 amide bonds. The number of rotatable bonds is 30. The van der Waals surface area contributed by atoms with Crippen molar-refractivity contribution < 1.29 is 28.2 Å². The van der Waals surface area contributed by atoms with Crippen LogP contribution in [0.2, 0.25) is 0 Å². The van der Waals surface area contributed by atoms with Gasteiger partial charge in [-0.05, 0) is 12.0 Å². The number of fused-ring (bicyclic) bond motifs is 1. The zero-order valence-electron chi connectivity index (χ0n) is 29.6. The number of imidazole rings is 1. The van der Waals surface area contributed by atoms with Crippen LogP contribution in [0.5, 0.6) is 0 Å². The van der Waals surface area contributed by atoms with Gasteiger partial charge in [0.25, 0.3) is 5.56 Å². The van der Waals surface area contributed by atoms with E-state index in [2.05, 4.69) is 21.9 Å². The van der Waals surface area contributed by atoms with Crippen molar-refractivity contribution in [3.63, 3.8) is 0 Å². The maximum Gasteiger partial charge on any atom is 0.353 e. The second kappa shape index (κ2) is 24.5. The third-order valence-electron chi connectivity index (χ3n) is 8.46. The number of nitrogens with one attached hydrogen (secondary N) is 1. The molecule has 3 rings (SSSR count). The number of unbranched alkanes of at least 4 members (excludes halogenated alkanes) is 15. The van der Waals surface area contributed by atoms with Crippen LogP contribution in [-0.4, -0.2) is 63.3 Å². The highest BCUT2D eigenvalue weighted by Gasteiger charge is 2.23. The molecule has 0 aliphatic carbocycles. The molecule has 0 saturated heterocycles. The van der Waals surface area contributed by atoms with Crippen molar-refractivity contribution in [1.82, 2.24) is 19.5 Å². The van der Waals surface area contributed by atoms with Crippen LogP contribution in [0.25, 0.3) is 11.2 Å². The van der Waals surface area contributed by atoms with E-state index in [1.807, 2.05) is 30.3 Å². The summed E-state index contributed by atoms with van der Waals surface area (Å²) in [5.41, 5.74) is 6.66. The van der Waals surface area contributed by atoms with Crippen molar-refractivity contribution in [2.45, 2.75) is 129 Å². The van der Waals surface area contributed by atoms with E-state index in [1.54, 1.807) is 4.57 Å². The van der Waals surface area contributed by atoms with Gasteiger partial charge in [-0.25, -0.2) is 4.98 Å². The van der Waals surface area contributed by atoms with Crippen molar-refractivity contribution in [3.05, 3.63) is 52.6 Å². The van der Waals surface area contributed by atoms with E-state index in [0.717, 1.165) is 18.4 Å². The van der Waals surface area contributed by atoms with Crippen LogP contribution in [0.1, 0.15) is 115 Å². The molecule has 4 N–H and O–H groups in total. The van der Waals surface area contributed by atoms with E-state index in [1.165, 1.54) is 96.2 Å². The van der Waals surface area contributed by atoms with Crippen LogP contribution in [0.4, 0.5) is 5.95 Å². The number of hydrogen-bond donors (Lipinski definition) is 3. The molecule has 0 aliphatic rings. The fourth-order valence-electron chi connectivity index (χ4n) is 5.61. The summed E-state index contributed by atoms with van der Waals surface area (Å²) in [6.45, 7) is 3.69. The lowest BCUT2D eigenvalue weighted by Gasteiger charge is -2.20. The largest absolute Gasteiger partial charge is 0.379 e. The number of nitrogens with two attached hydrogens (primary N) is 1. The van der Waals surface area contributed by atoms with E-state index in [4.69, 9.17) is 24.5 Å². The fourth-order valence-corrected chi connectivity index (χ4v) is 6.45. The Hall–Kier alpha value is -2.60. The SMILES string of the molecule is CCCCCCCCCCCCCCCCCCOC[C@@H](COP(=O)(O)COCCn1cnc2c(=O)[nH]c(N)nc21)OCc1ccccc1. The predicted octanol–water partition coefficient (Wildman–Crippen LogP) is 7.74. The number of anilines is 1. The van der Waals surface area contributed by atoms with E-state index in [9.17, 15) is 14.3 Å². The number of hydrogen-bond acceptors (Lipinski definition) is 9. The minimum absolute atomic E-state index is 0.0218. The van der Waals surface area contributed by atoms with Crippen molar-refractivity contribution in [2.75, 3.05) is 38.5 Å². The first-order valence-corrected chi connectivity index (χ1v) is 20.1. The molecule has 0 spiro atoms. The summed E-state index contributed by atoms with van der Waals surface area (Å²) in [7, 11) is -4.06. The third kappa shape index (κ3) is 17.8. The Bertz CT molecular complexity index is 1390. The standard InChI is InChI=1S/C36H60N5O7P/c1-2-3-4-5-6-7-8-9-10-11-12-13-14-15-16-20-24-45-27-32(47-26-31-21-18-17-19-22-31)28-48-49(43,44)30-46-25-23-41-29-38-33-34(41)39-36(37)40-35(33)42/h17-19,21-22,29,32H,2-16,20,23-28,30H2,1H3,(H,43,44)(H3,37,39,40,42)/t32-/m0/s1. The van der Waals surface area contributed by atoms with Gasteiger partial charge in [0.05, 0.1) is 32.8 Å². The lowest BCUT2D eigenvalue weighted by Crippen LogP contribution is -2.26. The molecule has 1 unspecified atom stereocenters. The molecule has 12 nitrogen and oxygen atoms in total. The van der Waals surface area contributed by atoms with Gasteiger partial charge >= 0.3 is 7.60 Å². The summed E-state index contributed by atoms with van der Waals surface area (Å²) in [5.74, 6) is -0.0218. The summed E-state index contributed by atoms with van der Waals surface area (Å²) >= 11 is 0. The molecule has 276 valence electrons. The molecule has 3 aromatic rings. The molecule has 2 aromatic heterocycles. The molecular weight excluding hydrogens is 645 g/mol. The zero-order chi connectivity index (χ0) is 35.0. The summed E-state index contributed by atoms with van der Waals surface area (Å²) in [6.07, 6.45) is 21.5. The van der Waals surface area contributed by atoms with Crippen LogP contribution in [0.15, 0.2) is 41.5 Å². The predicted molar refractivity (Wildman–Crippen MR) is 195 cm³/mol. The number of benzene rings is 1. The average molecular weight is 706 g/mol. The molecule has 2 atom stereocenters. The maximum absolute atomic E-state index is 12.7. The molecule has 13 heteroatoms. The molecule has 1 aromatic carbocycles. The molecular formula is C36H60N5O7P. The first-order valence-electron chi connectivity index (χ1n) is 18.4. The molecule has 0 saturated carbocycles. The van der Waals surface area contributed by atoms with E-state index >= 15 is 0 Å². The monoisotopic (exact) mass is 705 g/mol. The first kappa shape index (κ1) is 40.8. The first-order chi connectivity index (χ1) is 23.9. The number of nitrogens with zero attached hydrogens (tertiary/aromatic N) is 3. The number of nitrogen functional groups attached to an aromatic ring is 1. The van der Waals surface area contributed by atoms with Crippen molar-refractivity contribution in [3.8, 4) is 0 Å². The van der Waals surface area contributed by atoms with Gasteiger partial charge in [0.15, 0.2) is 11.2 Å². The van der Waals surface area contributed by atoms with Crippen LogP contribution >= 0.6 is 7.60 Å². The Balaban J connectivity index is 1.26. The normalized spacial score (nSPS) is 13.6. The van der Waals surface area contributed by atoms with Crippen molar-refractivity contribution in [2.24, 2.45) is 0 Å². The molecule has 49 heavy (non-hydrogen) atoms. The number of H-pyrrole nitrogens is 1. The number of aromatic amines is 1. The van der Waals surface area contributed by atoms with Gasteiger partial charge < -0.3 is 33.9 Å². The Morgan fingerprint density at radius 3 is 2.10 bits per heavy atom. The summed E-state index contributed by atoms with van der Waals surface area (Å²) in [5, 5.41) is 0. The summed E-state index contributed by atoms with van der Waals surface area (Å²) in [4.78, 5) is 32.9. The highest BCUT2D eigenvalue weighted by Crippen LogP contribution is 2.42. The molecule has 0 bridgehead atoms. The van der Waals surface area contributed by atoms with E-state index in [0.29, 0.717) is 18.9 Å². The second-order valence-electron chi connectivity index (χ2n) is 12.8. The van der Waals surface area contributed by atoms with Gasteiger partial charge in [-0.1, -0.05) is 134 Å². The Labute approximate surface area is 292 Å². The minimum atomic E-state index is -4.06. The Kier molecular flexibility index (Phi) is 20.4. The van der Waals surface area contributed by atoms with Crippen molar-refractivity contribution in [1.29, 1.82) is 0 Å². The smallest absolute Gasteiger partial charge is 0.353 e. The highest BCUT2D eigenvalue weighted by atomic mass is 31.2. The van der Waals surface area contributed by atoms with Crippen molar-refractivity contribution >= 4 is 24.7 Å². The molecule has 0 aliphatic heterocycles. The topological polar surface area (TPSA) is 164 Å². The molecule has 2 heterocycles. The quantitative estimate of drug-likeness (QED) is 0.0462. The van der Waals surface area contributed by atoms with Gasteiger partial charge in [-0.2, -0.15) is 4.98 Å². The second-order valence-corrected chi connectivity index (χ2v) is 14.6. The van der Waals surface area contributed by atoms with Gasteiger partial charge in [-0.3, -0.25) is 14.3 Å². The fraction of sp³-hybridized carbons (Fsp3) is 0.694. The van der Waals surface area contributed by atoms with E-state index < -0.39 is 25.6 Å². The number of aromatic nitrogens is 4. The number of ether oxygens (including phenoxy) is 3. The van der Waals surface area contributed by atoms with Gasteiger partial charge in [0.1, 0.15) is 12.5 Å². The van der Waals surface area contributed by atoms with Crippen LogP contribution < -0.4 is 11.3 Å². The lowest BCUT2D eigenvalue weighted by atomic mass is 10.0. The average Bonchev–Trinajstić information content (AvgIpc) is 3.50.